The summed E-state index contributed by atoms with van der Waals surface area (Å²) in [6.45, 7) is 5.38. The van der Waals surface area contributed by atoms with Gasteiger partial charge in [0.25, 0.3) is 5.91 Å². The zero-order valence-corrected chi connectivity index (χ0v) is 15.0. The highest BCUT2D eigenvalue weighted by Crippen LogP contribution is 2.39. The maximum absolute atomic E-state index is 13.1. The van der Waals surface area contributed by atoms with Crippen LogP contribution in [0.5, 0.6) is 0 Å². The number of amides is 1. The van der Waals surface area contributed by atoms with Crippen molar-refractivity contribution in [3.8, 4) is 11.5 Å². The monoisotopic (exact) mass is 347 g/mol. The van der Waals surface area contributed by atoms with Gasteiger partial charge in [-0.1, -0.05) is 49.4 Å². The second-order valence-corrected chi connectivity index (χ2v) is 6.83. The van der Waals surface area contributed by atoms with E-state index in [4.69, 9.17) is 4.42 Å². The Kier molecular flexibility index (Phi) is 4.07. The summed E-state index contributed by atoms with van der Waals surface area (Å²) in [6, 6.07) is 17.9. The molecule has 0 N–H and O–H groups in total. The van der Waals surface area contributed by atoms with Gasteiger partial charge in [-0.05, 0) is 24.1 Å². The molecule has 0 aliphatic carbocycles. The minimum absolute atomic E-state index is 0.0106. The third-order valence-electron chi connectivity index (χ3n) is 5.25. The van der Waals surface area contributed by atoms with Crippen LogP contribution in [0.4, 0.5) is 0 Å². The molecule has 4 rings (SSSR count). The van der Waals surface area contributed by atoms with E-state index in [1.54, 1.807) is 6.92 Å². The summed E-state index contributed by atoms with van der Waals surface area (Å²) in [5.74, 6) is 0.883. The lowest BCUT2D eigenvalue weighted by molar-refractivity contribution is 0.0376. The van der Waals surface area contributed by atoms with Crippen molar-refractivity contribution < 1.29 is 9.21 Å². The molecule has 1 fully saturated rings. The lowest BCUT2D eigenvalue weighted by atomic mass is 9.71. The number of hydrogen-bond acceptors (Lipinski definition) is 4. The van der Waals surface area contributed by atoms with Gasteiger partial charge in [0, 0.05) is 25.4 Å². The van der Waals surface area contributed by atoms with Gasteiger partial charge in [-0.3, -0.25) is 4.79 Å². The number of benzene rings is 2. The van der Waals surface area contributed by atoms with E-state index >= 15 is 0 Å². The molecule has 0 atom stereocenters. The molecule has 1 aromatic heterocycles. The quantitative estimate of drug-likeness (QED) is 0.719. The van der Waals surface area contributed by atoms with E-state index < -0.39 is 0 Å². The Morgan fingerprint density at radius 3 is 2.42 bits per heavy atom. The Morgan fingerprint density at radius 1 is 1.08 bits per heavy atom. The van der Waals surface area contributed by atoms with Crippen molar-refractivity contribution in [2.24, 2.45) is 0 Å². The molecule has 1 aliphatic heterocycles. The molecule has 0 bridgehead atoms. The van der Waals surface area contributed by atoms with Crippen LogP contribution in [0.3, 0.4) is 0 Å². The predicted octanol–water partition coefficient (Wildman–Crippen LogP) is 3.85. The first-order valence-corrected chi connectivity index (χ1v) is 8.87. The van der Waals surface area contributed by atoms with E-state index in [1.807, 2.05) is 35.2 Å². The minimum Gasteiger partial charge on any atom is -0.421 e. The van der Waals surface area contributed by atoms with E-state index in [0.717, 1.165) is 19.5 Å². The fourth-order valence-electron chi connectivity index (χ4n) is 3.66. The third kappa shape index (κ3) is 2.69. The number of aryl methyl sites for hydroxylation is 1. The molecule has 5 nitrogen and oxygen atoms in total. The summed E-state index contributed by atoms with van der Waals surface area (Å²) in [5, 5.41) is 7.94. The molecule has 132 valence electrons. The second kappa shape index (κ2) is 6.41. The first-order valence-electron chi connectivity index (χ1n) is 8.87. The largest absolute Gasteiger partial charge is 0.421 e. The second-order valence-electron chi connectivity index (χ2n) is 6.83. The van der Waals surface area contributed by atoms with E-state index in [1.165, 1.54) is 5.56 Å². The van der Waals surface area contributed by atoms with Crippen LogP contribution >= 0.6 is 0 Å². The highest BCUT2D eigenvalue weighted by Gasteiger charge is 2.45. The van der Waals surface area contributed by atoms with E-state index in [0.29, 0.717) is 22.9 Å². The molecule has 0 saturated carbocycles. The first kappa shape index (κ1) is 16.5. The molecule has 0 spiro atoms. The number of nitrogens with zero attached hydrogens (tertiary/aromatic N) is 3. The van der Waals surface area contributed by atoms with Gasteiger partial charge in [0.2, 0.25) is 11.8 Å². The van der Waals surface area contributed by atoms with E-state index in [9.17, 15) is 4.79 Å². The molecule has 1 saturated heterocycles. The molecule has 1 amide bonds. The average Bonchev–Trinajstić information content (AvgIpc) is 3.08. The van der Waals surface area contributed by atoms with Crippen LogP contribution in [0.1, 0.15) is 35.2 Å². The lowest BCUT2D eigenvalue weighted by Crippen LogP contribution is -2.60. The Balaban J connectivity index is 1.59. The fourth-order valence-corrected chi connectivity index (χ4v) is 3.66. The number of aromatic nitrogens is 2. The highest BCUT2D eigenvalue weighted by atomic mass is 16.4. The van der Waals surface area contributed by atoms with Crippen LogP contribution in [-0.4, -0.2) is 34.1 Å². The Hall–Kier alpha value is -2.95. The van der Waals surface area contributed by atoms with Crippen molar-refractivity contribution in [2.45, 2.75) is 25.7 Å². The number of hydrogen-bond donors (Lipinski definition) is 0. The first-order chi connectivity index (χ1) is 12.6. The normalized spacial score (nSPS) is 15.5. The molecule has 2 heterocycles. The van der Waals surface area contributed by atoms with Gasteiger partial charge in [-0.15, -0.1) is 10.2 Å². The van der Waals surface area contributed by atoms with Crippen LogP contribution in [0, 0.1) is 6.92 Å². The summed E-state index contributed by atoms with van der Waals surface area (Å²) >= 11 is 0. The van der Waals surface area contributed by atoms with Crippen molar-refractivity contribution in [3.63, 3.8) is 0 Å². The number of carbonyl (C=O) groups is 1. The summed E-state index contributed by atoms with van der Waals surface area (Å²) in [5.41, 5.74) is 2.64. The van der Waals surface area contributed by atoms with Gasteiger partial charge in [-0.2, -0.15) is 0 Å². The van der Waals surface area contributed by atoms with Crippen LogP contribution < -0.4 is 0 Å². The van der Waals surface area contributed by atoms with Gasteiger partial charge >= 0.3 is 0 Å². The molecular formula is C21H21N3O2. The van der Waals surface area contributed by atoms with Gasteiger partial charge in [0.05, 0.1) is 11.1 Å². The van der Waals surface area contributed by atoms with Gasteiger partial charge < -0.3 is 9.32 Å². The maximum atomic E-state index is 13.1. The zero-order valence-electron chi connectivity index (χ0n) is 15.0. The fraction of sp³-hybridized carbons (Fsp3) is 0.286. The van der Waals surface area contributed by atoms with Crippen molar-refractivity contribution in [3.05, 3.63) is 71.6 Å². The van der Waals surface area contributed by atoms with E-state index in [2.05, 4.69) is 41.4 Å². The molecule has 1 aliphatic rings. The summed E-state index contributed by atoms with van der Waals surface area (Å²) in [7, 11) is 0. The summed E-state index contributed by atoms with van der Waals surface area (Å²) in [4.78, 5) is 15.0. The van der Waals surface area contributed by atoms with Crippen LogP contribution in [0.25, 0.3) is 11.5 Å². The Morgan fingerprint density at radius 2 is 1.77 bits per heavy atom. The van der Waals surface area contributed by atoms with Crippen LogP contribution in [0.15, 0.2) is 59.0 Å². The van der Waals surface area contributed by atoms with Crippen molar-refractivity contribution in [1.82, 2.24) is 15.1 Å². The maximum Gasteiger partial charge on any atom is 0.254 e. The Bertz CT molecular complexity index is 927. The standard InChI is InChI=1S/C21H21N3O2/c1-3-21(16-9-5-4-6-10-16)13-24(14-21)20(25)18-12-8-7-11-17(18)19-23-22-15(2)26-19/h4-12H,3,13-14H2,1-2H3. The van der Waals surface area contributed by atoms with Crippen LogP contribution in [-0.2, 0) is 5.41 Å². The number of likely N-dealkylation sites (tertiary alicyclic amines) is 1. The molecule has 26 heavy (non-hydrogen) atoms. The molecule has 3 aromatic rings. The number of rotatable bonds is 4. The molecule has 2 aromatic carbocycles. The van der Waals surface area contributed by atoms with Crippen molar-refractivity contribution >= 4 is 5.91 Å². The van der Waals surface area contributed by atoms with Gasteiger partial charge in [0.15, 0.2) is 0 Å². The van der Waals surface area contributed by atoms with Gasteiger partial charge in [-0.25, -0.2) is 0 Å². The van der Waals surface area contributed by atoms with Crippen molar-refractivity contribution in [1.29, 1.82) is 0 Å². The third-order valence-corrected chi connectivity index (χ3v) is 5.25. The van der Waals surface area contributed by atoms with Gasteiger partial charge in [0.1, 0.15) is 0 Å². The molecule has 0 radical (unpaired) electrons. The predicted molar refractivity (Wildman–Crippen MR) is 98.8 cm³/mol. The SMILES string of the molecule is CCC1(c2ccccc2)CN(C(=O)c2ccccc2-c2nnc(C)o2)C1. The molecule has 0 unspecified atom stereocenters. The zero-order chi connectivity index (χ0) is 18.1. The Labute approximate surface area is 152 Å². The molecular weight excluding hydrogens is 326 g/mol. The van der Waals surface area contributed by atoms with Crippen molar-refractivity contribution in [2.75, 3.05) is 13.1 Å². The number of carbonyl (C=O) groups excluding carboxylic acids is 1. The smallest absolute Gasteiger partial charge is 0.254 e. The topological polar surface area (TPSA) is 59.2 Å². The molecule has 5 heteroatoms. The lowest BCUT2D eigenvalue weighted by Gasteiger charge is -2.50. The highest BCUT2D eigenvalue weighted by molar-refractivity contribution is 6.00. The summed E-state index contributed by atoms with van der Waals surface area (Å²) < 4.78 is 5.53. The minimum atomic E-state index is 0.0106. The average molecular weight is 347 g/mol. The van der Waals surface area contributed by atoms with Crippen LogP contribution in [0.2, 0.25) is 0 Å². The summed E-state index contributed by atoms with van der Waals surface area (Å²) in [6.07, 6.45) is 1.01. The van der Waals surface area contributed by atoms with E-state index in [-0.39, 0.29) is 11.3 Å².